The molecule has 61 heavy (non-hydrogen) atoms. The Hall–Kier alpha value is -5.71. The van der Waals surface area contributed by atoms with Crippen LogP contribution in [0.25, 0.3) is 55.1 Å². The van der Waals surface area contributed by atoms with Crippen LogP contribution in [0.1, 0.15) is 61.4 Å². The van der Waals surface area contributed by atoms with Crippen molar-refractivity contribution in [2.45, 2.75) is 59.6 Å². The molecule has 0 aliphatic carbocycles. The fraction of sp³-hybridized carbons (Fsp3) is 0.179. The van der Waals surface area contributed by atoms with E-state index in [-0.39, 0.29) is 31.6 Å². The van der Waals surface area contributed by atoms with Crippen molar-refractivity contribution in [2.75, 3.05) is 0 Å². The van der Waals surface area contributed by atoms with Gasteiger partial charge in [0.05, 0.1) is 19.3 Å². The maximum absolute atomic E-state index is 8.79. The van der Waals surface area contributed by atoms with E-state index in [1.165, 1.54) is 39.1 Å². The van der Waals surface area contributed by atoms with E-state index in [0.29, 0.717) is 16.8 Å². The van der Waals surface area contributed by atoms with Crippen LogP contribution in [-0.4, -0.2) is 18.8 Å². The monoisotopic (exact) mass is 992 g/mol. The van der Waals surface area contributed by atoms with E-state index in [1.54, 1.807) is 18.3 Å². The third-order valence-corrected chi connectivity index (χ3v) is 13.0. The number of nitrogens with zero attached hydrogens (tertiary/aromatic N) is 2. The van der Waals surface area contributed by atoms with Crippen molar-refractivity contribution < 1.29 is 31.4 Å². The molecule has 0 spiro atoms. The summed E-state index contributed by atoms with van der Waals surface area (Å²) in [4.78, 5) is 9.77. The molecule has 1 atom stereocenters. The van der Waals surface area contributed by atoms with Gasteiger partial charge in [-0.25, -0.2) is 0 Å². The Balaban J connectivity index is 0.000000189. The number of pyridine rings is 1. The van der Waals surface area contributed by atoms with E-state index in [4.69, 9.17) is 16.3 Å². The number of furan rings is 1. The Labute approximate surface area is 382 Å². The first-order valence-electron chi connectivity index (χ1n) is 23.0. The normalized spacial score (nSPS) is 15.3. The summed E-state index contributed by atoms with van der Waals surface area (Å²) in [6, 6.07) is 57.8. The summed E-state index contributed by atoms with van der Waals surface area (Å²) < 4.78 is 46.5. The number of para-hydroxylation sites is 2. The van der Waals surface area contributed by atoms with Crippen LogP contribution in [-0.2, 0) is 26.5 Å². The molecule has 1 radical (unpaired) electrons. The molecule has 7 aromatic carbocycles. The molecule has 0 N–H and O–H groups in total. The predicted molar refractivity (Wildman–Crippen MR) is 256 cm³/mol. The topological polar surface area (TPSA) is 38.4 Å². The van der Waals surface area contributed by atoms with Gasteiger partial charge in [0.25, 0.3) is 0 Å². The average Bonchev–Trinajstić information content (AvgIpc) is 3.87. The summed E-state index contributed by atoms with van der Waals surface area (Å²) in [5, 5.41) is 5.67. The molecule has 0 amide bonds. The van der Waals surface area contributed by atoms with Crippen molar-refractivity contribution in [1.29, 1.82) is 0 Å². The first kappa shape index (κ1) is 36.0. The number of benzene rings is 7. The van der Waals surface area contributed by atoms with E-state index in [1.807, 2.05) is 45.0 Å². The molecule has 5 heteroatoms. The third-order valence-electron chi connectivity index (χ3n) is 11.0. The molecule has 1 unspecified atom stereocenters. The van der Waals surface area contributed by atoms with Gasteiger partial charge in [-0.3, -0.25) is 4.99 Å². The smallest absolute Gasteiger partial charge is 0.120 e. The van der Waals surface area contributed by atoms with Gasteiger partial charge in [0.2, 0.25) is 0 Å². The molecule has 0 fully saturated rings. The zero-order valence-electron chi connectivity index (χ0n) is 40.2. The Kier molecular flexibility index (Phi) is 10.0. The zero-order chi connectivity index (χ0) is 45.9. The Morgan fingerprint density at radius 3 is 2.28 bits per heavy atom. The maximum Gasteiger partial charge on any atom is 0.120 e. The number of aliphatic imine (C=N–C) groups is 1. The van der Waals surface area contributed by atoms with Gasteiger partial charge in [0, 0.05) is 44.5 Å². The van der Waals surface area contributed by atoms with Gasteiger partial charge < -0.3 is 9.40 Å². The second-order valence-electron chi connectivity index (χ2n) is 17.6. The molecule has 2 aromatic heterocycles. The number of fused-ring (bicyclic) bond motifs is 5. The van der Waals surface area contributed by atoms with Crippen LogP contribution in [0.5, 0.6) is 0 Å². The minimum absolute atomic E-state index is 0. The van der Waals surface area contributed by atoms with Crippen LogP contribution in [0.4, 0.5) is 5.69 Å². The molecule has 0 saturated carbocycles. The number of hydrogen-bond donors (Lipinski definition) is 0. The summed E-state index contributed by atoms with van der Waals surface area (Å²) in [5.74, 6) is -0.0315. The van der Waals surface area contributed by atoms with Crippen LogP contribution < -0.4 is 5.19 Å². The minimum Gasteiger partial charge on any atom is -0.501 e. The van der Waals surface area contributed by atoms with Crippen LogP contribution in [0, 0.1) is 24.4 Å². The van der Waals surface area contributed by atoms with E-state index in [9.17, 15) is 0 Å². The summed E-state index contributed by atoms with van der Waals surface area (Å²) in [5.41, 5.74) is 11.1. The first-order valence-corrected chi connectivity index (χ1v) is 24.0. The fourth-order valence-electron chi connectivity index (χ4n) is 8.22. The SMILES string of the molecule is [2H]C([2H])([2H])c1c[c-]c(-c2cc(C([2H])([2H])C(C)(C)C)c([Si](C)(C)C)cn2)cc1.[Ir].[c-]1ccc2c(oc3ccccc32)c1C1=Nc2ccccc2C1c1cccc2ccc(-c3ccccc3)cc12. The van der Waals surface area contributed by atoms with Gasteiger partial charge in [-0.05, 0) is 79.6 Å². The van der Waals surface area contributed by atoms with Crippen LogP contribution >= 0.6 is 0 Å². The number of hydrogen-bond acceptors (Lipinski definition) is 3. The van der Waals surface area contributed by atoms with Gasteiger partial charge in [0.1, 0.15) is 5.58 Å². The maximum atomic E-state index is 8.79. The molecular weight excluding hydrogens is 937 g/mol. The van der Waals surface area contributed by atoms with Gasteiger partial charge in [-0.15, -0.1) is 53.6 Å². The van der Waals surface area contributed by atoms with Crippen molar-refractivity contribution in [3.05, 3.63) is 198 Å². The molecule has 305 valence electrons. The first-order chi connectivity index (χ1) is 30.9. The number of aromatic nitrogens is 1. The van der Waals surface area contributed by atoms with Crippen molar-refractivity contribution in [1.82, 2.24) is 4.98 Å². The number of rotatable bonds is 6. The van der Waals surface area contributed by atoms with Gasteiger partial charge in [-0.2, -0.15) is 0 Å². The molecule has 0 saturated heterocycles. The standard InChI is InChI=1S/C36H22NO.C20H28NSi.Ir/c1-2-10-23(11-3-1)25-21-20-24-12-8-15-27(31(24)22-25)34-29-14-4-6-18-32(29)37-35(34)30-17-9-16-28-26-13-5-7-19-33(26)38-36(28)30;1-15-8-10-16(11-9-15)18-12-17(13-20(2,3)4)19(14-21-18)22(5,6)7;/h1-16,18-22,34H;8-10,12,14H,13H2,1-7H3;/q2*-1;/i;1D3,13D2;. The summed E-state index contributed by atoms with van der Waals surface area (Å²) in [6.07, 6.45) is 0.269. The Bertz CT molecular complexity index is 3260. The van der Waals surface area contributed by atoms with Gasteiger partial charge >= 0.3 is 0 Å². The van der Waals surface area contributed by atoms with E-state index in [0.717, 1.165) is 44.1 Å². The second-order valence-corrected chi connectivity index (χ2v) is 22.6. The van der Waals surface area contributed by atoms with Crippen molar-refractivity contribution in [2.24, 2.45) is 10.4 Å². The largest absolute Gasteiger partial charge is 0.501 e. The third kappa shape index (κ3) is 8.61. The summed E-state index contributed by atoms with van der Waals surface area (Å²) in [6.45, 7) is 10.1. The van der Waals surface area contributed by atoms with Crippen LogP contribution in [0.2, 0.25) is 19.6 Å². The van der Waals surface area contributed by atoms with Crippen LogP contribution in [0.3, 0.4) is 0 Å². The van der Waals surface area contributed by atoms with Crippen molar-refractivity contribution in [3.63, 3.8) is 0 Å². The summed E-state index contributed by atoms with van der Waals surface area (Å²) >= 11 is 0. The predicted octanol–water partition coefficient (Wildman–Crippen LogP) is 14.5. The molecule has 1 aliphatic heterocycles. The van der Waals surface area contributed by atoms with Gasteiger partial charge in [0.15, 0.2) is 0 Å². The molecule has 10 rings (SSSR count). The van der Waals surface area contributed by atoms with Crippen LogP contribution in [0.15, 0.2) is 167 Å². The van der Waals surface area contributed by atoms with Crippen molar-refractivity contribution >= 4 is 57.4 Å². The van der Waals surface area contributed by atoms with E-state index < -0.39 is 26.7 Å². The summed E-state index contributed by atoms with van der Waals surface area (Å²) in [7, 11) is -1.81. The van der Waals surface area contributed by atoms with Gasteiger partial charge in [-0.1, -0.05) is 167 Å². The van der Waals surface area contributed by atoms with Crippen molar-refractivity contribution in [3.8, 4) is 22.4 Å². The fourth-order valence-corrected chi connectivity index (χ4v) is 9.62. The quantitative estimate of drug-likeness (QED) is 0.123. The molecular formula is C56H50IrN2OSi-2. The van der Waals surface area contributed by atoms with E-state index in [2.05, 4.69) is 146 Å². The second kappa shape index (κ2) is 17.0. The number of aryl methyl sites for hydroxylation is 1. The Morgan fingerprint density at radius 2 is 1.51 bits per heavy atom. The minimum atomic E-state index is -2.17. The molecule has 0 bridgehead atoms. The molecule has 3 heterocycles. The average molecular weight is 992 g/mol. The molecule has 9 aromatic rings. The van der Waals surface area contributed by atoms with E-state index >= 15 is 0 Å². The zero-order valence-corrected chi connectivity index (χ0v) is 38.6. The molecule has 1 aliphatic rings. The molecule has 3 nitrogen and oxygen atoms in total. The Morgan fingerprint density at radius 1 is 0.738 bits per heavy atom.